The predicted octanol–water partition coefficient (Wildman–Crippen LogP) is 2.46. The number of thioether (sulfide) groups is 1. The molecule has 2 saturated carbocycles. The monoisotopic (exact) mass is 324 g/mol. The van der Waals surface area contributed by atoms with Gasteiger partial charge in [0.05, 0.1) is 0 Å². The van der Waals surface area contributed by atoms with Crippen LogP contribution in [0.5, 0.6) is 0 Å². The van der Waals surface area contributed by atoms with E-state index in [1.807, 2.05) is 7.05 Å². The van der Waals surface area contributed by atoms with Crippen LogP contribution in [0.3, 0.4) is 0 Å². The third kappa shape index (κ3) is 3.91. The smallest absolute Gasteiger partial charge is 0.191 e. The molecule has 2 N–H and O–H groups in total. The summed E-state index contributed by atoms with van der Waals surface area (Å²) < 4.78 is 0. The number of aliphatic imine (C=N–C) groups is 1. The van der Waals surface area contributed by atoms with Gasteiger partial charge in [0.15, 0.2) is 5.96 Å². The molecular weight excluding hydrogens is 292 g/mol. The highest BCUT2D eigenvalue weighted by atomic mass is 32.2. The molecule has 4 nitrogen and oxygen atoms in total. The molecule has 0 atom stereocenters. The number of hydrogen-bond donors (Lipinski definition) is 2. The molecule has 0 unspecified atom stereocenters. The second-order valence-corrected chi connectivity index (χ2v) is 8.31. The Labute approximate surface area is 139 Å². The van der Waals surface area contributed by atoms with Gasteiger partial charge in [0.25, 0.3) is 0 Å². The molecule has 0 bridgehead atoms. The van der Waals surface area contributed by atoms with Gasteiger partial charge in [-0.15, -0.1) is 0 Å². The van der Waals surface area contributed by atoms with Crippen molar-refractivity contribution in [1.82, 2.24) is 15.5 Å². The minimum absolute atomic E-state index is 0.383. The Morgan fingerprint density at radius 3 is 2.45 bits per heavy atom. The first-order valence-corrected chi connectivity index (χ1v) is 10.3. The molecule has 0 radical (unpaired) electrons. The fourth-order valence-corrected chi connectivity index (χ4v) is 5.29. The van der Waals surface area contributed by atoms with E-state index in [1.165, 1.54) is 76.0 Å². The second kappa shape index (κ2) is 7.91. The van der Waals surface area contributed by atoms with Crippen molar-refractivity contribution >= 4 is 17.7 Å². The fourth-order valence-electron chi connectivity index (χ4n) is 4.38. The Morgan fingerprint density at radius 2 is 1.82 bits per heavy atom. The van der Waals surface area contributed by atoms with Crippen molar-refractivity contribution < 1.29 is 0 Å². The summed E-state index contributed by atoms with van der Waals surface area (Å²) in [6.07, 6.45) is 10.8. The molecular formula is C17H32N4S. The van der Waals surface area contributed by atoms with Gasteiger partial charge in [-0.1, -0.05) is 25.7 Å². The van der Waals surface area contributed by atoms with Crippen LogP contribution in [0.1, 0.15) is 51.4 Å². The van der Waals surface area contributed by atoms with Crippen molar-refractivity contribution in [3.05, 3.63) is 0 Å². The van der Waals surface area contributed by atoms with Gasteiger partial charge in [0.2, 0.25) is 0 Å². The molecule has 0 aromatic rings. The van der Waals surface area contributed by atoms with Crippen LogP contribution in [0, 0.1) is 0 Å². The summed E-state index contributed by atoms with van der Waals surface area (Å²) in [4.78, 5) is 7.23. The summed E-state index contributed by atoms with van der Waals surface area (Å²) in [6.45, 7) is 3.59. The van der Waals surface area contributed by atoms with Gasteiger partial charge in [0, 0.05) is 49.8 Å². The second-order valence-electron chi connectivity index (χ2n) is 7.08. The van der Waals surface area contributed by atoms with Gasteiger partial charge in [-0.2, -0.15) is 11.8 Å². The molecule has 1 saturated heterocycles. The first-order valence-electron chi connectivity index (χ1n) is 9.12. The Bertz CT molecular complexity index is 367. The van der Waals surface area contributed by atoms with Crippen molar-refractivity contribution in [2.45, 2.75) is 62.9 Å². The molecule has 0 spiro atoms. The zero-order valence-electron chi connectivity index (χ0n) is 14.1. The molecule has 3 fully saturated rings. The zero-order chi connectivity index (χ0) is 15.3. The molecule has 3 rings (SSSR count). The van der Waals surface area contributed by atoms with Crippen LogP contribution in [-0.2, 0) is 0 Å². The van der Waals surface area contributed by atoms with E-state index < -0.39 is 0 Å². The number of nitrogens with zero attached hydrogens (tertiary/aromatic N) is 2. The Balaban J connectivity index is 1.56. The molecule has 2 aliphatic carbocycles. The predicted molar refractivity (Wildman–Crippen MR) is 96.9 cm³/mol. The van der Waals surface area contributed by atoms with Crippen molar-refractivity contribution in [2.75, 3.05) is 38.2 Å². The average molecular weight is 325 g/mol. The first kappa shape index (κ1) is 16.4. The van der Waals surface area contributed by atoms with Gasteiger partial charge in [-0.05, 0) is 25.7 Å². The highest BCUT2D eigenvalue weighted by molar-refractivity contribution is 7.99. The fraction of sp³-hybridized carbons (Fsp3) is 0.941. The first-order chi connectivity index (χ1) is 10.8. The van der Waals surface area contributed by atoms with Gasteiger partial charge in [0.1, 0.15) is 0 Å². The SMILES string of the molecule is CN=C(NCC1(N2CCSCC2)CCCC1)NC1CCCC1. The molecule has 0 aromatic carbocycles. The van der Waals surface area contributed by atoms with Crippen LogP contribution in [0.2, 0.25) is 0 Å². The van der Waals surface area contributed by atoms with E-state index in [9.17, 15) is 0 Å². The minimum Gasteiger partial charge on any atom is -0.355 e. The van der Waals surface area contributed by atoms with Crippen LogP contribution in [0.25, 0.3) is 0 Å². The number of nitrogens with one attached hydrogen (secondary N) is 2. The van der Waals surface area contributed by atoms with Crippen LogP contribution < -0.4 is 10.6 Å². The summed E-state index contributed by atoms with van der Waals surface area (Å²) in [5.41, 5.74) is 0.383. The maximum Gasteiger partial charge on any atom is 0.191 e. The normalized spacial score (nSPS) is 27.2. The molecule has 0 amide bonds. The molecule has 1 aliphatic heterocycles. The quantitative estimate of drug-likeness (QED) is 0.615. The third-order valence-electron chi connectivity index (χ3n) is 5.72. The maximum atomic E-state index is 4.46. The largest absolute Gasteiger partial charge is 0.355 e. The molecule has 22 heavy (non-hydrogen) atoms. The minimum atomic E-state index is 0.383. The number of guanidine groups is 1. The van der Waals surface area contributed by atoms with Gasteiger partial charge in [-0.25, -0.2) is 0 Å². The molecule has 3 aliphatic rings. The van der Waals surface area contributed by atoms with Crippen LogP contribution >= 0.6 is 11.8 Å². The van der Waals surface area contributed by atoms with Gasteiger partial charge >= 0.3 is 0 Å². The summed E-state index contributed by atoms with van der Waals surface area (Å²) in [5.74, 6) is 3.62. The molecule has 0 aromatic heterocycles. The lowest BCUT2D eigenvalue weighted by Gasteiger charge is -2.43. The lowest BCUT2D eigenvalue weighted by atomic mass is 9.94. The van der Waals surface area contributed by atoms with Gasteiger partial charge < -0.3 is 10.6 Å². The number of hydrogen-bond acceptors (Lipinski definition) is 3. The van der Waals surface area contributed by atoms with E-state index in [0.717, 1.165) is 12.5 Å². The zero-order valence-corrected chi connectivity index (χ0v) is 14.9. The van der Waals surface area contributed by atoms with Crippen molar-refractivity contribution in [2.24, 2.45) is 4.99 Å². The van der Waals surface area contributed by atoms with Crippen LogP contribution in [0.15, 0.2) is 4.99 Å². The van der Waals surface area contributed by atoms with E-state index in [-0.39, 0.29) is 0 Å². The summed E-state index contributed by atoms with van der Waals surface area (Å²) in [5, 5.41) is 7.29. The van der Waals surface area contributed by atoms with E-state index in [2.05, 4.69) is 32.3 Å². The van der Waals surface area contributed by atoms with Crippen LogP contribution in [-0.4, -0.2) is 60.6 Å². The summed E-state index contributed by atoms with van der Waals surface area (Å²) in [7, 11) is 1.91. The Hall–Kier alpha value is -0.420. The van der Waals surface area contributed by atoms with Crippen LogP contribution in [0.4, 0.5) is 0 Å². The average Bonchev–Trinajstić information content (AvgIpc) is 3.25. The van der Waals surface area contributed by atoms with E-state index in [1.54, 1.807) is 0 Å². The van der Waals surface area contributed by atoms with Gasteiger partial charge in [-0.3, -0.25) is 9.89 Å². The molecule has 5 heteroatoms. The van der Waals surface area contributed by atoms with Crippen molar-refractivity contribution in [3.8, 4) is 0 Å². The van der Waals surface area contributed by atoms with E-state index in [4.69, 9.17) is 0 Å². The summed E-state index contributed by atoms with van der Waals surface area (Å²) >= 11 is 2.11. The lowest BCUT2D eigenvalue weighted by Crippen LogP contribution is -2.58. The maximum absolute atomic E-state index is 4.46. The third-order valence-corrected chi connectivity index (χ3v) is 6.66. The topological polar surface area (TPSA) is 39.7 Å². The van der Waals surface area contributed by atoms with Crippen molar-refractivity contribution in [3.63, 3.8) is 0 Å². The standard InChI is InChI=1S/C17H32N4S/c1-18-16(20-15-6-2-3-7-15)19-14-17(8-4-5-9-17)21-10-12-22-13-11-21/h15H,2-14H2,1H3,(H2,18,19,20). The highest BCUT2D eigenvalue weighted by Crippen LogP contribution is 2.36. The van der Waals surface area contributed by atoms with Crippen molar-refractivity contribution in [1.29, 1.82) is 0 Å². The summed E-state index contributed by atoms with van der Waals surface area (Å²) in [6, 6.07) is 0.636. The highest BCUT2D eigenvalue weighted by Gasteiger charge is 2.40. The van der Waals surface area contributed by atoms with E-state index >= 15 is 0 Å². The Morgan fingerprint density at radius 1 is 1.14 bits per heavy atom. The van der Waals surface area contributed by atoms with E-state index in [0.29, 0.717) is 11.6 Å². The Kier molecular flexibility index (Phi) is 5.91. The number of rotatable bonds is 4. The molecule has 126 valence electrons. The molecule has 1 heterocycles. The lowest BCUT2D eigenvalue weighted by molar-refractivity contribution is 0.107.